The number of halogens is 3. The van der Waals surface area contributed by atoms with E-state index in [1.165, 1.54) is 4.68 Å². The Morgan fingerprint density at radius 3 is 2.33 bits per heavy atom. The Balaban J connectivity index is 1.50. The van der Waals surface area contributed by atoms with Crippen LogP contribution in [0.25, 0.3) is 22.3 Å². The van der Waals surface area contributed by atoms with Crippen molar-refractivity contribution < 1.29 is 4.74 Å². The maximum absolute atomic E-state index is 13.3. The largest absolute Gasteiger partial charge is 0.486 e. The van der Waals surface area contributed by atoms with Crippen molar-refractivity contribution in [3.05, 3.63) is 126 Å². The first-order valence-electron chi connectivity index (χ1n) is 11.0. The lowest BCUT2D eigenvalue weighted by Crippen LogP contribution is -2.20. The summed E-state index contributed by atoms with van der Waals surface area (Å²) < 4.78 is 8.81. The number of para-hydroxylation sites is 1. The van der Waals surface area contributed by atoms with Crippen LogP contribution in [0.2, 0.25) is 5.02 Å². The van der Waals surface area contributed by atoms with Crippen molar-refractivity contribution in [3.8, 4) is 17.1 Å². The van der Waals surface area contributed by atoms with Crippen molar-refractivity contribution in [2.24, 2.45) is 5.10 Å². The van der Waals surface area contributed by atoms with E-state index < -0.39 is 0 Å². The predicted octanol–water partition coefficient (Wildman–Crippen LogP) is 7.70. The number of aromatic nitrogens is 2. The summed E-state index contributed by atoms with van der Waals surface area (Å²) in [4.78, 5) is 18.1. The molecule has 0 aliphatic rings. The lowest BCUT2D eigenvalue weighted by Gasteiger charge is -2.12. The van der Waals surface area contributed by atoms with E-state index in [9.17, 15) is 4.79 Å². The Labute approximate surface area is 229 Å². The van der Waals surface area contributed by atoms with E-state index in [-0.39, 0.29) is 5.56 Å². The first kappa shape index (κ1) is 24.4. The maximum atomic E-state index is 13.3. The fourth-order valence-electron chi connectivity index (χ4n) is 3.69. The molecular weight excluding hydrogens is 606 g/mol. The quantitative estimate of drug-likeness (QED) is 0.182. The minimum Gasteiger partial charge on any atom is -0.486 e. The van der Waals surface area contributed by atoms with Crippen LogP contribution in [0.3, 0.4) is 0 Å². The number of benzene rings is 4. The van der Waals surface area contributed by atoms with Crippen LogP contribution in [-0.4, -0.2) is 15.9 Å². The Morgan fingerprint density at radius 2 is 1.58 bits per heavy atom. The van der Waals surface area contributed by atoms with E-state index in [4.69, 9.17) is 21.3 Å². The molecule has 0 aliphatic heterocycles. The molecule has 1 aromatic heterocycles. The van der Waals surface area contributed by atoms with Crippen LogP contribution in [0.15, 0.2) is 110 Å². The monoisotopic (exact) mass is 621 g/mol. The number of hydrogen-bond acceptors (Lipinski definition) is 4. The van der Waals surface area contributed by atoms with Crippen LogP contribution in [0, 0.1) is 0 Å². The molecule has 0 spiro atoms. The maximum Gasteiger partial charge on any atom is 0.282 e. The van der Waals surface area contributed by atoms with Gasteiger partial charge in [0, 0.05) is 16.1 Å². The molecule has 0 saturated heterocycles. The molecule has 0 atom stereocenters. The number of fused-ring (bicyclic) bond motifs is 1. The molecule has 0 N–H and O–H groups in total. The number of hydrogen-bond donors (Lipinski definition) is 0. The smallest absolute Gasteiger partial charge is 0.282 e. The van der Waals surface area contributed by atoms with E-state index >= 15 is 0 Å². The molecule has 0 aliphatic carbocycles. The lowest BCUT2D eigenvalue weighted by atomic mass is 10.2. The van der Waals surface area contributed by atoms with Gasteiger partial charge in [-0.25, -0.2) is 4.98 Å². The van der Waals surface area contributed by atoms with E-state index in [2.05, 4.69) is 37.0 Å². The average Bonchev–Trinajstić information content (AvgIpc) is 2.89. The Kier molecular flexibility index (Phi) is 7.32. The third kappa shape index (κ3) is 5.14. The minimum atomic E-state index is -0.242. The molecule has 5 nitrogen and oxygen atoms in total. The molecule has 1 heterocycles. The molecule has 8 heteroatoms. The molecule has 0 radical (unpaired) electrons. The second kappa shape index (κ2) is 10.8. The number of ether oxygens (including phenoxy) is 1. The molecule has 4 aromatic carbocycles. The van der Waals surface area contributed by atoms with Gasteiger partial charge in [0.2, 0.25) is 0 Å². The Hall–Kier alpha value is -3.26. The summed E-state index contributed by atoms with van der Waals surface area (Å²) >= 11 is 13.4. The van der Waals surface area contributed by atoms with E-state index in [0.717, 1.165) is 25.6 Å². The summed E-state index contributed by atoms with van der Waals surface area (Å²) in [6.45, 7) is 0.322. The summed E-state index contributed by atoms with van der Waals surface area (Å²) in [5, 5.41) is 5.69. The zero-order valence-electron chi connectivity index (χ0n) is 18.7. The lowest BCUT2D eigenvalue weighted by molar-refractivity contribution is 0.302. The van der Waals surface area contributed by atoms with Gasteiger partial charge in [-0.1, -0.05) is 72.3 Å². The van der Waals surface area contributed by atoms with Gasteiger partial charge in [0.1, 0.15) is 12.4 Å². The second-order valence-electron chi connectivity index (χ2n) is 7.87. The van der Waals surface area contributed by atoms with Gasteiger partial charge in [-0.3, -0.25) is 4.79 Å². The highest BCUT2D eigenvalue weighted by atomic mass is 79.9. The normalized spacial score (nSPS) is 11.3. The van der Waals surface area contributed by atoms with Gasteiger partial charge in [-0.2, -0.15) is 9.78 Å². The summed E-state index contributed by atoms with van der Waals surface area (Å²) in [5.74, 6) is 1.11. The van der Waals surface area contributed by atoms with Gasteiger partial charge in [0.05, 0.1) is 26.1 Å². The van der Waals surface area contributed by atoms with Crippen LogP contribution in [0.4, 0.5) is 0 Å². The van der Waals surface area contributed by atoms with Crippen molar-refractivity contribution in [3.63, 3.8) is 0 Å². The fourth-order valence-corrected chi connectivity index (χ4v) is 5.33. The van der Waals surface area contributed by atoms with Gasteiger partial charge < -0.3 is 4.74 Å². The summed E-state index contributed by atoms with van der Waals surface area (Å²) in [5.41, 5.74) is 2.83. The summed E-state index contributed by atoms with van der Waals surface area (Å²) in [7, 11) is 0. The summed E-state index contributed by atoms with van der Waals surface area (Å²) in [6, 6.07) is 28.1. The van der Waals surface area contributed by atoms with Gasteiger partial charge in [-0.05, 0) is 67.8 Å². The van der Waals surface area contributed by atoms with Crippen molar-refractivity contribution in [2.75, 3.05) is 0 Å². The first-order valence-corrected chi connectivity index (χ1v) is 12.9. The van der Waals surface area contributed by atoms with Gasteiger partial charge in [0.25, 0.3) is 5.56 Å². The highest BCUT2D eigenvalue weighted by Crippen LogP contribution is 2.35. The molecule has 178 valence electrons. The molecule has 0 bridgehead atoms. The van der Waals surface area contributed by atoms with Gasteiger partial charge >= 0.3 is 0 Å². The third-order valence-corrected chi connectivity index (χ3v) is 7.01. The van der Waals surface area contributed by atoms with Crippen LogP contribution in [-0.2, 0) is 6.61 Å². The molecule has 0 fully saturated rings. The Morgan fingerprint density at radius 1 is 0.917 bits per heavy atom. The Bertz CT molecular complexity index is 1630. The van der Waals surface area contributed by atoms with Gasteiger partial charge in [0.15, 0.2) is 5.82 Å². The molecule has 36 heavy (non-hydrogen) atoms. The average molecular weight is 624 g/mol. The van der Waals surface area contributed by atoms with Crippen molar-refractivity contribution in [1.29, 1.82) is 0 Å². The highest BCUT2D eigenvalue weighted by molar-refractivity contribution is 9.11. The fraction of sp³-hybridized carbons (Fsp3) is 0.0357. The van der Waals surface area contributed by atoms with E-state index in [1.54, 1.807) is 12.3 Å². The van der Waals surface area contributed by atoms with Crippen LogP contribution in [0.1, 0.15) is 11.1 Å². The standard InChI is InChI=1S/C28H18Br2ClN3O2/c29-22-14-18(15-23(30)26(22)36-17-20-10-4-6-12-24(20)31)16-32-34-27(19-8-2-1-3-9-19)33-25-13-7-5-11-21(25)28(34)35/h1-16H,17H2. The van der Waals surface area contributed by atoms with Crippen molar-refractivity contribution in [2.45, 2.75) is 6.61 Å². The van der Waals surface area contributed by atoms with Crippen molar-refractivity contribution >= 4 is 60.6 Å². The van der Waals surface area contributed by atoms with Crippen LogP contribution in [0.5, 0.6) is 5.75 Å². The number of nitrogens with zero attached hydrogens (tertiary/aromatic N) is 3. The number of rotatable bonds is 6. The van der Waals surface area contributed by atoms with Crippen LogP contribution < -0.4 is 10.3 Å². The van der Waals surface area contributed by atoms with Gasteiger partial charge in [-0.15, -0.1) is 0 Å². The van der Waals surface area contributed by atoms with Crippen LogP contribution >= 0.6 is 43.5 Å². The molecule has 5 rings (SSSR count). The second-order valence-corrected chi connectivity index (χ2v) is 9.99. The molecule has 0 amide bonds. The van der Waals surface area contributed by atoms with Crippen molar-refractivity contribution in [1.82, 2.24) is 9.66 Å². The molecular formula is C28H18Br2ClN3O2. The zero-order valence-corrected chi connectivity index (χ0v) is 22.7. The predicted molar refractivity (Wildman–Crippen MR) is 152 cm³/mol. The molecule has 5 aromatic rings. The highest BCUT2D eigenvalue weighted by Gasteiger charge is 2.13. The zero-order chi connectivity index (χ0) is 25.1. The summed E-state index contributed by atoms with van der Waals surface area (Å²) in [6.07, 6.45) is 1.62. The minimum absolute atomic E-state index is 0.242. The SMILES string of the molecule is O=c1c2ccccc2nc(-c2ccccc2)n1N=Cc1cc(Br)c(OCc2ccccc2Cl)c(Br)c1. The third-order valence-electron chi connectivity index (χ3n) is 5.46. The molecule has 0 unspecified atom stereocenters. The first-order chi connectivity index (χ1) is 17.5. The van der Waals surface area contributed by atoms with E-state index in [0.29, 0.717) is 34.1 Å². The molecule has 0 saturated carbocycles. The van der Waals surface area contributed by atoms with E-state index in [1.807, 2.05) is 84.9 Å². The topological polar surface area (TPSA) is 56.5 Å².